The van der Waals surface area contributed by atoms with Crippen molar-refractivity contribution in [1.82, 2.24) is 0 Å². The first-order chi connectivity index (χ1) is 13.6. The van der Waals surface area contributed by atoms with E-state index in [4.69, 9.17) is 14.2 Å². The van der Waals surface area contributed by atoms with Crippen LogP contribution >= 0.6 is 11.3 Å². The third kappa shape index (κ3) is 4.65. The number of hydrogen-bond acceptors (Lipinski definition) is 6. The first-order valence-corrected chi connectivity index (χ1v) is 10.2. The second-order valence-corrected chi connectivity index (χ2v) is 7.51. The Bertz CT molecular complexity index is 856. The van der Waals surface area contributed by atoms with Crippen molar-refractivity contribution in [3.05, 3.63) is 40.3 Å². The van der Waals surface area contributed by atoms with Gasteiger partial charge in [-0.3, -0.25) is 4.79 Å². The molecule has 0 radical (unpaired) electrons. The summed E-state index contributed by atoms with van der Waals surface area (Å²) in [5.41, 5.74) is 2.50. The predicted molar refractivity (Wildman–Crippen MR) is 109 cm³/mol. The lowest BCUT2D eigenvalue weighted by molar-refractivity contribution is -0.116. The molecule has 1 aliphatic rings. The number of thiophene rings is 1. The molecule has 1 aliphatic carbocycles. The van der Waals surface area contributed by atoms with Gasteiger partial charge in [0, 0.05) is 6.42 Å². The third-order valence-electron chi connectivity index (χ3n) is 4.66. The number of carbonyl (C=O) groups excluding carboxylic acids is 2. The molecule has 7 heteroatoms. The highest BCUT2D eigenvalue weighted by Crippen LogP contribution is 2.46. The van der Waals surface area contributed by atoms with Crippen LogP contribution in [0.2, 0.25) is 0 Å². The van der Waals surface area contributed by atoms with Crippen LogP contribution in [0, 0.1) is 0 Å². The Morgan fingerprint density at radius 1 is 1.18 bits per heavy atom. The van der Waals surface area contributed by atoms with Crippen LogP contribution in [0.1, 0.15) is 53.6 Å². The number of aryl methyl sites for hydroxylation is 1. The Labute approximate surface area is 168 Å². The molecule has 6 nitrogen and oxygen atoms in total. The standard InChI is InChI=1S/C21H25NO5S/c1-4-27-21(24)19-15(14-7-8-14)12-28-20(19)22-18(23)10-6-13-5-9-16(25-2)17(11-13)26-3/h5,9,11-12,14H,4,6-8,10H2,1-3H3,(H,22,23). The van der Waals surface area contributed by atoms with E-state index in [0.29, 0.717) is 47.4 Å². The van der Waals surface area contributed by atoms with E-state index in [1.807, 2.05) is 23.6 Å². The molecule has 1 N–H and O–H groups in total. The Morgan fingerprint density at radius 3 is 2.57 bits per heavy atom. The van der Waals surface area contributed by atoms with Gasteiger partial charge in [-0.25, -0.2) is 4.79 Å². The summed E-state index contributed by atoms with van der Waals surface area (Å²) in [6.45, 7) is 2.09. The summed E-state index contributed by atoms with van der Waals surface area (Å²) < 4.78 is 15.7. The van der Waals surface area contributed by atoms with Crippen LogP contribution in [0.25, 0.3) is 0 Å². The van der Waals surface area contributed by atoms with Gasteiger partial charge in [-0.15, -0.1) is 11.3 Å². The van der Waals surface area contributed by atoms with Crippen molar-refractivity contribution in [3.63, 3.8) is 0 Å². The second kappa shape index (κ2) is 9.10. The van der Waals surface area contributed by atoms with Crippen LogP contribution in [0.3, 0.4) is 0 Å². The summed E-state index contributed by atoms with van der Waals surface area (Å²) in [7, 11) is 3.17. The smallest absolute Gasteiger partial charge is 0.341 e. The lowest BCUT2D eigenvalue weighted by atomic mass is 10.1. The molecule has 1 aromatic heterocycles. The lowest BCUT2D eigenvalue weighted by Crippen LogP contribution is -2.15. The SMILES string of the molecule is CCOC(=O)c1c(C2CC2)csc1NC(=O)CCc1ccc(OC)c(OC)c1. The minimum atomic E-state index is -0.360. The van der Waals surface area contributed by atoms with Crippen molar-refractivity contribution < 1.29 is 23.8 Å². The van der Waals surface area contributed by atoms with E-state index in [2.05, 4.69) is 5.32 Å². The van der Waals surface area contributed by atoms with Gasteiger partial charge in [0.1, 0.15) is 5.00 Å². The highest BCUT2D eigenvalue weighted by Gasteiger charge is 2.32. The minimum absolute atomic E-state index is 0.135. The maximum Gasteiger partial charge on any atom is 0.341 e. The number of anilines is 1. The van der Waals surface area contributed by atoms with Crippen LogP contribution in [0.5, 0.6) is 11.5 Å². The van der Waals surface area contributed by atoms with Crippen LogP contribution in [0.4, 0.5) is 5.00 Å². The average Bonchev–Trinajstić information content (AvgIpc) is 3.46. The van der Waals surface area contributed by atoms with Gasteiger partial charge >= 0.3 is 5.97 Å². The van der Waals surface area contributed by atoms with Crippen molar-refractivity contribution in [1.29, 1.82) is 0 Å². The molecule has 0 saturated heterocycles. The quantitative estimate of drug-likeness (QED) is 0.629. The van der Waals surface area contributed by atoms with E-state index in [9.17, 15) is 9.59 Å². The number of methoxy groups -OCH3 is 2. The zero-order valence-electron chi connectivity index (χ0n) is 16.4. The highest BCUT2D eigenvalue weighted by atomic mass is 32.1. The van der Waals surface area contributed by atoms with Gasteiger partial charge in [0.05, 0.1) is 26.4 Å². The summed E-state index contributed by atoms with van der Waals surface area (Å²) >= 11 is 1.39. The molecule has 3 rings (SSSR count). The van der Waals surface area contributed by atoms with E-state index in [1.54, 1.807) is 21.1 Å². The molecular formula is C21H25NO5S. The first kappa shape index (κ1) is 20.2. The van der Waals surface area contributed by atoms with Gasteiger partial charge < -0.3 is 19.5 Å². The number of ether oxygens (including phenoxy) is 3. The molecule has 2 aromatic rings. The number of nitrogens with one attached hydrogen (secondary N) is 1. The maximum absolute atomic E-state index is 12.5. The molecule has 0 atom stereocenters. The Kier molecular flexibility index (Phi) is 6.57. The van der Waals surface area contributed by atoms with E-state index >= 15 is 0 Å². The molecule has 0 aliphatic heterocycles. The van der Waals surface area contributed by atoms with E-state index in [0.717, 1.165) is 24.0 Å². The van der Waals surface area contributed by atoms with Gasteiger partial charge in [-0.2, -0.15) is 0 Å². The predicted octanol–water partition coefficient (Wildman–Crippen LogP) is 4.39. The number of amides is 1. The van der Waals surface area contributed by atoms with Crippen molar-refractivity contribution in [3.8, 4) is 11.5 Å². The second-order valence-electron chi connectivity index (χ2n) is 6.63. The van der Waals surface area contributed by atoms with Gasteiger partial charge in [-0.05, 0) is 60.7 Å². The lowest BCUT2D eigenvalue weighted by Gasteiger charge is -2.10. The van der Waals surface area contributed by atoms with Crippen molar-refractivity contribution in [2.45, 2.75) is 38.5 Å². The fourth-order valence-corrected chi connectivity index (χ4v) is 4.10. The Morgan fingerprint density at radius 2 is 1.93 bits per heavy atom. The largest absolute Gasteiger partial charge is 0.493 e. The molecule has 0 bridgehead atoms. The first-order valence-electron chi connectivity index (χ1n) is 9.36. The monoisotopic (exact) mass is 403 g/mol. The van der Waals surface area contributed by atoms with Crippen molar-refractivity contribution in [2.24, 2.45) is 0 Å². The van der Waals surface area contributed by atoms with Crippen LogP contribution < -0.4 is 14.8 Å². The summed E-state index contributed by atoms with van der Waals surface area (Å²) in [6, 6.07) is 5.60. The molecule has 1 heterocycles. The van der Waals surface area contributed by atoms with Crippen LogP contribution in [-0.2, 0) is 16.0 Å². The number of hydrogen-bond donors (Lipinski definition) is 1. The molecular weight excluding hydrogens is 378 g/mol. The van der Waals surface area contributed by atoms with E-state index < -0.39 is 0 Å². The molecule has 0 spiro atoms. The van der Waals surface area contributed by atoms with Crippen molar-refractivity contribution in [2.75, 3.05) is 26.1 Å². The summed E-state index contributed by atoms with van der Waals surface area (Å²) in [5.74, 6) is 1.21. The number of carbonyl (C=O) groups is 2. The molecule has 1 amide bonds. The molecule has 1 fully saturated rings. The summed E-state index contributed by atoms with van der Waals surface area (Å²) in [6.07, 6.45) is 3.02. The zero-order valence-corrected chi connectivity index (χ0v) is 17.2. The van der Waals surface area contributed by atoms with Gasteiger partial charge in [0.25, 0.3) is 0 Å². The van der Waals surface area contributed by atoms with Gasteiger partial charge in [0.15, 0.2) is 11.5 Å². The van der Waals surface area contributed by atoms with Crippen LogP contribution in [0.15, 0.2) is 23.6 Å². The Hall–Kier alpha value is -2.54. The van der Waals surface area contributed by atoms with Gasteiger partial charge in [0.2, 0.25) is 5.91 Å². The third-order valence-corrected chi connectivity index (χ3v) is 5.57. The zero-order chi connectivity index (χ0) is 20.1. The highest BCUT2D eigenvalue weighted by molar-refractivity contribution is 7.15. The molecule has 0 unspecified atom stereocenters. The maximum atomic E-state index is 12.5. The number of esters is 1. The molecule has 28 heavy (non-hydrogen) atoms. The number of benzene rings is 1. The Balaban J connectivity index is 1.66. The number of rotatable bonds is 9. The van der Waals surface area contributed by atoms with E-state index in [1.165, 1.54) is 11.3 Å². The average molecular weight is 404 g/mol. The van der Waals surface area contributed by atoms with Gasteiger partial charge in [-0.1, -0.05) is 6.07 Å². The summed E-state index contributed by atoms with van der Waals surface area (Å²) in [5, 5.41) is 5.44. The van der Waals surface area contributed by atoms with Crippen LogP contribution in [-0.4, -0.2) is 32.7 Å². The summed E-state index contributed by atoms with van der Waals surface area (Å²) in [4.78, 5) is 24.9. The van der Waals surface area contributed by atoms with Crippen molar-refractivity contribution >= 4 is 28.2 Å². The minimum Gasteiger partial charge on any atom is -0.493 e. The molecule has 1 saturated carbocycles. The fourth-order valence-electron chi connectivity index (χ4n) is 3.05. The van der Waals surface area contributed by atoms with E-state index in [-0.39, 0.29) is 11.9 Å². The molecule has 1 aromatic carbocycles. The fraction of sp³-hybridized carbons (Fsp3) is 0.429. The topological polar surface area (TPSA) is 73.9 Å². The normalized spacial score (nSPS) is 13.1. The molecule has 150 valence electrons.